The predicted octanol–water partition coefficient (Wildman–Crippen LogP) is -1.58. The summed E-state index contributed by atoms with van der Waals surface area (Å²) in [5.41, 5.74) is 2.56. The van der Waals surface area contributed by atoms with E-state index >= 15 is 0 Å². The molecule has 2 heterocycles. The largest absolute Gasteiger partial charge is 1.00 e. The minimum atomic E-state index is 0. The molecule has 2 aliphatic rings. The lowest BCUT2D eigenvalue weighted by Crippen LogP contribution is -3.00. The molecule has 5 heteroatoms. The minimum absolute atomic E-state index is 0. The molecule has 1 aromatic carbocycles. The van der Waals surface area contributed by atoms with Crippen molar-refractivity contribution >= 4 is 0 Å². The summed E-state index contributed by atoms with van der Waals surface area (Å²) in [6.45, 7) is 2.29. The fraction of sp³-hybridized carbons (Fsp3) is 0.500. The fourth-order valence-electron chi connectivity index (χ4n) is 2.37. The Balaban J connectivity index is 0.00000108. The Morgan fingerprint density at radius 2 is 2.18 bits per heavy atom. The van der Waals surface area contributed by atoms with Gasteiger partial charge in [-0.3, -0.25) is 0 Å². The van der Waals surface area contributed by atoms with Crippen molar-refractivity contribution in [2.45, 2.75) is 13.0 Å². The quantitative estimate of drug-likeness (QED) is 0.626. The van der Waals surface area contributed by atoms with Crippen LogP contribution in [0.5, 0.6) is 17.2 Å². The second-order valence-corrected chi connectivity index (χ2v) is 4.27. The number of rotatable bonds is 1. The van der Waals surface area contributed by atoms with Gasteiger partial charge in [0.15, 0.2) is 11.5 Å². The number of methoxy groups -OCH3 is 1. The average molecular weight is 301 g/mol. The number of benzene rings is 1. The number of nitrogens with zero attached hydrogens (tertiary/aromatic N) is 1. The smallest absolute Gasteiger partial charge is 0.231 e. The first-order chi connectivity index (χ1) is 7.79. The summed E-state index contributed by atoms with van der Waals surface area (Å²) in [6.07, 6.45) is 1.04. The maximum atomic E-state index is 5.47. The zero-order valence-corrected chi connectivity index (χ0v) is 11.5. The van der Waals surface area contributed by atoms with Crippen molar-refractivity contribution in [2.75, 3.05) is 27.5 Å². The molecule has 17 heavy (non-hydrogen) atoms. The predicted molar refractivity (Wildman–Crippen MR) is 59.2 cm³/mol. The van der Waals surface area contributed by atoms with E-state index in [9.17, 15) is 0 Å². The topological polar surface area (TPSA) is 30.9 Å². The van der Waals surface area contributed by atoms with Crippen LogP contribution in [0.1, 0.15) is 11.1 Å². The fourth-order valence-corrected chi connectivity index (χ4v) is 2.37. The summed E-state index contributed by atoms with van der Waals surface area (Å²) in [5.74, 6) is 2.42. The number of fused-ring (bicyclic) bond motifs is 2. The molecule has 0 amide bonds. The summed E-state index contributed by atoms with van der Waals surface area (Å²) in [5, 5.41) is 0. The lowest BCUT2D eigenvalue weighted by atomic mass is 9.98. The summed E-state index contributed by atoms with van der Waals surface area (Å²) < 4.78 is 16.3. The first-order valence-electron chi connectivity index (χ1n) is 5.46. The Morgan fingerprint density at radius 1 is 1.35 bits per heavy atom. The van der Waals surface area contributed by atoms with Crippen LogP contribution in [0.25, 0.3) is 0 Å². The molecule has 0 aromatic heterocycles. The van der Waals surface area contributed by atoms with Gasteiger partial charge >= 0.3 is 0 Å². The molecule has 0 aliphatic carbocycles. The first kappa shape index (κ1) is 12.5. The van der Waals surface area contributed by atoms with E-state index in [1.54, 1.807) is 7.11 Å². The first-order valence-corrected chi connectivity index (χ1v) is 5.46. The van der Waals surface area contributed by atoms with Gasteiger partial charge in [-0.05, 0) is 25.1 Å². The average Bonchev–Trinajstić information content (AvgIpc) is 2.73. The van der Waals surface area contributed by atoms with Crippen molar-refractivity contribution in [3.8, 4) is 17.2 Å². The zero-order valence-electron chi connectivity index (χ0n) is 9.96. The monoisotopic (exact) mass is 300 g/mol. The van der Waals surface area contributed by atoms with E-state index in [1.165, 1.54) is 11.1 Å². The van der Waals surface area contributed by atoms with Crippen LogP contribution >= 0.6 is 0 Å². The third-order valence-corrected chi connectivity index (χ3v) is 3.21. The Hall–Kier alpha value is -0.940. The molecule has 94 valence electrons. The maximum Gasteiger partial charge on any atom is 0.231 e. The van der Waals surface area contributed by atoms with Crippen LogP contribution in [0.3, 0.4) is 0 Å². The van der Waals surface area contributed by atoms with Gasteiger partial charge in [0.2, 0.25) is 12.5 Å². The van der Waals surface area contributed by atoms with Crippen molar-refractivity contribution in [2.24, 2.45) is 0 Å². The van der Waals surface area contributed by atoms with E-state index in [4.69, 9.17) is 14.2 Å². The van der Waals surface area contributed by atoms with E-state index in [-0.39, 0.29) is 17.0 Å². The summed E-state index contributed by atoms with van der Waals surface area (Å²) in [7, 11) is 3.80. The number of ether oxygens (including phenoxy) is 3. The molecule has 1 aromatic rings. The van der Waals surface area contributed by atoms with Gasteiger partial charge in [-0.2, -0.15) is 0 Å². The molecular formula is C12H15BrNO3-. The second kappa shape index (κ2) is 4.74. The molecule has 0 saturated carbocycles. The molecule has 3 rings (SSSR count). The number of halogens is 1. The van der Waals surface area contributed by atoms with Gasteiger partial charge in [0, 0.05) is 18.7 Å². The molecule has 0 radical (unpaired) electrons. The van der Waals surface area contributed by atoms with Crippen molar-refractivity contribution in [3.05, 3.63) is 17.2 Å². The molecule has 0 fully saturated rings. The molecule has 0 unspecified atom stereocenters. The zero-order chi connectivity index (χ0) is 11.1. The molecule has 2 aliphatic heterocycles. The molecule has 0 atom stereocenters. The van der Waals surface area contributed by atoms with Crippen LogP contribution in [-0.4, -0.2) is 32.4 Å². The lowest BCUT2D eigenvalue weighted by Gasteiger charge is -2.26. The van der Waals surface area contributed by atoms with Gasteiger partial charge in [-0.15, -0.1) is 0 Å². The highest BCUT2D eigenvalue weighted by molar-refractivity contribution is 5.60. The molecule has 0 bridgehead atoms. The van der Waals surface area contributed by atoms with Gasteiger partial charge in [0.25, 0.3) is 0 Å². The Kier molecular flexibility index (Phi) is 3.49. The lowest BCUT2D eigenvalue weighted by molar-refractivity contribution is -0.00000500. The molecule has 4 nitrogen and oxygen atoms in total. The standard InChI is InChI=1S/C12H15NO3.BrH/c1-13-4-3-8-5-10-12(16-7-15-10)11(14-2)9(8)6-13;/h5H,3-4,6-7H2,1-2H3;1H/p-1. The normalized spacial score (nSPS) is 17.3. The van der Waals surface area contributed by atoms with Crippen LogP contribution < -0.4 is 31.2 Å². The highest BCUT2D eigenvalue weighted by Gasteiger charge is 2.27. The van der Waals surface area contributed by atoms with Crippen LogP contribution in [-0.2, 0) is 13.0 Å². The maximum absolute atomic E-state index is 5.47. The van der Waals surface area contributed by atoms with Crippen molar-refractivity contribution in [1.82, 2.24) is 4.90 Å². The van der Waals surface area contributed by atoms with Gasteiger partial charge < -0.3 is 36.1 Å². The Bertz CT molecular complexity index is 436. The van der Waals surface area contributed by atoms with E-state index in [0.29, 0.717) is 6.79 Å². The Morgan fingerprint density at radius 3 is 2.94 bits per heavy atom. The third kappa shape index (κ3) is 1.98. The summed E-state index contributed by atoms with van der Waals surface area (Å²) in [6, 6.07) is 2.09. The highest BCUT2D eigenvalue weighted by Crippen LogP contribution is 2.46. The van der Waals surface area contributed by atoms with E-state index in [0.717, 1.165) is 36.8 Å². The van der Waals surface area contributed by atoms with Gasteiger partial charge in [-0.1, -0.05) is 0 Å². The summed E-state index contributed by atoms with van der Waals surface area (Å²) in [4.78, 5) is 2.28. The molecule has 0 spiro atoms. The van der Waals surface area contributed by atoms with Crippen molar-refractivity contribution in [1.29, 1.82) is 0 Å². The van der Waals surface area contributed by atoms with Crippen molar-refractivity contribution < 1.29 is 31.2 Å². The third-order valence-electron chi connectivity index (χ3n) is 3.21. The number of likely N-dealkylation sites (N-methyl/N-ethyl adjacent to an activating group) is 1. The van der Waals surface area contributed by atoms with Gasteiger partial charge in [0.05, 0.1) is 7.11 Å². The molecule has 0 saturated heterocycles. The SMILES string of the molecule is COc1c2c(cc3c1OCO3)CCN(C)C2.[Br-]. The van der Waals surface area contributed by atoms with Gasteiger partial charge in [-0.25, -0.2) is 0 Å². The van der Waals surface area contributed by atoms with Gasteiger partial charge in [0.1, 0.15) is 0 Å². The molecule has 0 N–H and O–H groups in total. The van der Waals surface area contributed by atoms with Crippen LogP contribution in [0.4, 0.5) is 0 Å². The highest BCUT2D eigenvalue weighted by atomic mass is 79.9. The molecular weight excluding hydrogens is 286 g/mol. The number of hydrogen-bond donors (Lipinski definition) is 0. The van der Waals surface area contributed by atoms with Crippen LogP contribution in [0.2, 0.25) is 0 Å². The van der Waals surface area contributed by atoms with E-state index < -0.39 is 0 Å². The minimum Gasteiger partial charge on any atom is -1.00 e. The van der Waals surface area contributed by atoms with E-state index in [1.807, 2.05) is 0 Å². The Labute approximate surface area is 111 Å². The van der Waals surface area contributed by atoms with Crippen LogP contribution in [0, 0.1) is 0 Å². The van der Waals surface area contributed by atoms with E-state index in [2.05, 4.69) is 18.0 Å². The second-order valence-electron chi connectivity index (χ2n) is 4.27. The van der Waals surface area contributed by atoms with Crippen molar-refractivity contribution in [3.63, 3.8) is 0 Å². The summed E-state index contributed by atoms with van der Waals surface area (Å²) >= 11 is 0. The number of hydrogen-bond acceptors (Lipinski definition) is 4. The van der Waals surface area contributed by atoms with Crippen LogP contribution in [0.15, 0.2) is 6.07 Å².